The fourth-order valence-corrected chi connectivity index (χ4v) is 1.37. The molecule has 0 spiro atoms. The van der Waals surface area contributed by atoms with Crippen molar-refractivity contribution in [2.45, 2.75) is 31.3 Å². The third-order valence-corrected chi connectivity index (χ3v) is 2.48. The van der Waals surface area contributed by atoms with Crippen LogP contribution in [0.3, 0.4) is 0 Å². The highest BCUT2D eigenvalue weighted by atomic mass is 16.4. The molecule has 0 amide bonds. The Morgan fingerprint density at radius 3 is 1.79 bits per heavy atom. The topological polar surface area (TPSA) is 181 Å². The van der Waals surface area contributed by atoms with Gasteiger partial charge in [0.05, 0.1) is 6.04 Å². The highest BCUT2D eigenvalue weighted by molar-refractivity contribution is 6.01. The van der Waals surface area contributed by atoms with Crippen LogP contribution in [-0.2, 0) is 19.2 Å². The van der Waals surface area contributed by atoms with Crippen LogP contribution < -0.4 is 11.5 Å². The van der Waals surface area contributed by atoms with E-state index >= 15 is 0 Å². The van der Waals surface area contributed by atoms with Gasteiger partial charge in [-0.1, -0.05) is 0 Å². The van der Waals surface area contributed by atoms with Crippen molar-refractivity contribution in [2.75, 3.05) is 0 Å². The first-order chi connectivity index (χ1) is 8.66. The Bertz CT molecular complexity index is 382. The summed E-state index contributed by atoms with van der Waals surface area (Å²) in [5, 5.41) is 25.9. The summed E-state index contributed by atoms with van der Waals surface area (Å²) >= 11 is 0. The maximum absolute atomic E-state index is 11.7. The third kappa shape index (κ3) is 5.93. The van der Waals surface area contributed by atoms with Crippen molar-refractivity contribution in [3.05, 3.63) is 0 Å². The number of carboxylic acids is 3. The van der Waals surface area contributed by atoms with E-state index in [4.69, 9.17) is 26.8 Å². The molecule has 0 aromatic heterocycles. The van der Waals surface area contributed by atoms with Gasteiger partial charge < -0.3 is 26.8 Å². The maximum Gasteiger partial charge on any atom is 0.320 e. The van der Waals surface area contributed by atoms with E-state index in [9.17, 15) is 19.2 Å². The number of hydrogen-bond acceptors (Lipinski definition) is 6. The average molecular weight is 276 g/mol. The number of nitrogens with two attached hydrogens (primary N) is 2. The number of carboxylic acid groups (broad SMARTS) is 3. The minimum atomic E-state index is -1.66. The zero-order valence-electron chi connectivity index (χ0n) is 9.98. The molecule has 9 nitrogen and oxygen atoms in total. The number of hydrogen-bond donors (Lipinski definition) is 5. The zero-order chi connectivity index (χ0) is 15.2. The second kappa shape index (κ2) is 7.44. The zero-order valence-corrected chi connectivity index (χ0v) is 9.98. The van der Waals surface area contributed by atoms with Crippen LogP contribution in [-0.4, -0.2) is 51.1 Å². The summed E-state index contributed by atoms with van der Waals surface area (Å²) in [5.74, 6) is -6.72. The molecule has 0 aliphatic carbocycles. The lowest BCUT2D eigenvalue weighted by molar-refractivity contribution is -0.148. The van der Waals surface area contributed by atoms with Crippen LogP contribution in [0.4, 0.5) is 0 Å². The van der Waals surface area contributed by atoms with E-state index in [0.717, 1.165) is 0 Å². The lowest BCUT2D eigenvalue weighted by Crippen LogP contribution is -2.43. The number of rotatable bonds is 9. The average Bonchev–Trinajstić information content (AvgIpc) is 2.30. The lowest BCUT2D eigenvalue weighted by Gasteiger charge is -2.17. The Balaban J connectivity index is 4.70. The summed E-state index contributed by atoms with van der Waals surface area (Å²) < 4.78 is 0. The SMILES string of the molecule is N[C@H](CC(C(=O)O)C(=O)[C@H](N)CCC(=O)O)C(=O)O. The van der Waals surface area contributed by atoms with Gasteiger partial charge in [-0.25, -0.2) is 0 Å². The first-order valence-electron chi connectivity index (χ1n) is 5.39. The van der Waals surface area contributed by atoms with Gasteiger partial charge in [-0.2, -0.15) is 0 Å². The summed E-state index contributed by atoms with van der Waals surface area (Å²) in [5.41, 5.74) is 10.6. The minimum Gasteiger partial charge on any atom is -0.481 e. The fourth-order valence-electron chi connectivity index (χ4n) is 1.37. The van der Waals surface area contributed by atoms with E-state index in [1.807, 2.05) is 0 Å². The van der Waals surface area contributed by atoms with Gasteiger partial charge in [0.25, 0.3) is 0 Å². The van der Waals surface area contributed by atoms with Crippen molar-refractivity contribution in [2.24, 2.45) is 17.4 Å². The fraction of sp³-hybridized carbons (Fsp3) is 0.600. The van der Waals surface area contributed by atoms with Gasteiger partial charge in [-0.3, -0.25) is 19.2 Å². The van der Waals surface area contributed by atoms with Gasteiger partial charge in [0.1, 0.15) is 12.0 Å². The summed E-state index contributed by atoms with van der Waals surface area (Å²) in [4.78, 5) is 43.5. The van der Waals surface area contributed by atoms with Gasteiger partial charge in [0.2, 0.25) is 0 Å². The molecule has 0 heterocycles. The molecule has 0 aromatic carbocycles. The Kier molecular flexibility index (Phi) is 6.66. The van der Waals surface area contributed by atoms with Crippen molar-refractivity contribution in [3.8, 4) is 0 Å². The Hall–Kier alpha value is -2.00. The second-order valence-electron chi connectivity index (χ2n) is 4.01. The van der Waals surface area contributed by atoms with Crippen LogP contribution in [0.25, 0.3) is 0 Å². The van der Waals surface area contributed by atoms with E-state index in [0.29, 0.717) is 0 Å². The van der Waals surface area contributed by atoms with Crippen LogP contribution in [0.5, 0.6) is 0 Å². The molecule has 0 radical (unpaired) electrons. The highest BCUT2D eigenvalue weighted by Gasteiger charge is 2.33. The van der Waals surface area contributed by atoms with E-state index in [1.165, 1.54) is 0 Å². The van der Waals surface area contributed by atoms with Crippen molar-refractivity contribution in [3.63, 3.8) is 0 Å². The van der Waals surface area contributed by atoms with Crippen LogP contribution >= 0.6 is 0 Å². The molecule has 3 atom stereocenters. The number of Topliss-reactive ketones (excluding diaryl/α,β-unsaturated/α-hetero) is 1. The smallest absolute Gasteiger partial charge is 0.320 e. The molecule has 0 aliphatic heterocycles. The Morgan fingerprint density at radius 1 is 0.895 bits per heavy atom. The standard InChI is InChI=1S/C10H16N2O7/c11-5(1-2-7(13)14)8(15)4(9(16)17)3-6(12)10(18)19/h4-6H,1-3,11-12H2,(H,13,14)(H,16,17)(H,18,19)/t4?,5-,6-/m1/s1. The minimum absolute atomic E-state index is 0.222. The second-order valence-corrected chi connectivity index (χ2v) is 4.01. The summed E-state index contributed by atoms with van der Waals surface area (Å²) in [6, 6.07) is -2.78. The van der Waals surface area contributed by atoms with Crippen molar-refractivity contribution in [1.29, 1.82) is 0 Å². The van der Waals surface area contributed by atoms with Gasteiger partial charge >= 0.3 is 17.9 Å². The predicted molar refractivity (Wildman–Crippen MR) is 61.2 cm³/mol. The van der Waals surface area contributed by atoms with Crippen LogP contribution in [0.2, 0.25) is 0 Å². The molecular formula is C10H16N2O7. The van der Waals surface area contributed by atoms with E-state index < -0.39 is 48.1 Å². The van der Waals surface area contributed by atoms with Gasteiger partial charge in [-0.05, 0) is 12.8 Å². The largest absolute Gasteiger partial charge is 0.481 e. The molecule has 0 saturated heterocycles. The highest BCUT2D eigenvalue weighted by Crippen LogP contribution is 2.12. The van der Waals surface area contributed by atoms with Gasteiger partial charge in [0.15, 0.2) is 5.78 Å². The van der Waals surface area contributed by atoms with Gasteiger partial charge in [-0.15, -0.1) is 0 Å². The molecule has 108 valence electrons. The molecule has 1 unspecified atom stereocenters. The molecule has 0 bridgehead atoms. The van der Waals surface area contributed by atoms with Crippen molar-refractivity contribution >= 4 is 23.7 Å². The van der Waals surface area contributed by atoms with E-state index in [2.05, 4.69) is 0 Å². The Morgan fingerprint density at radius 2 is 1.42 bits per heavy atom. The van der Waals surface area contributed by atoms with Crippen molar-refractivity contribution < 1.29 is 34.5 Å². The van der Waals surface area contributed by atoms with E-state index in [-0.39, 0.29) is 12.8 Å². The molecule has 0 aromatic rings. The van der Waals surface area contributed by atoms with E-state index in [1.54, 1.807) is 0 Å². The monoisotopic (exact) mass is 276 g/mol. The number of aliphatic carboxylic acids is 3. The molecule has 7 N–H and O–H groups in total. The lowest BCUT2D eigenvalue weighted by atomic mass is 9.90. The van der Waals surface area contributed by atoms with Crippen molar-refractivity contribution in [1.82, 2.24) is 0 Å². The number of ketones is 1. The molecule has 19 heavy (non-hydrogen) atoms. The molecular weight excluding hydrogens is 260 g/mol. The first kappa shape index (κ1) is 17.0. The van der Waals surface area contributed by atoms with Crippen LogP contribution in [0.1, 0.15) is 19.3 Å². The maximum atomic E-state index is 11.7. The molecule has 9 heteroatoms. The quantitative estimate of drug-likeness (QED) is 0.305. The number of carbonyl (C=O) groups excluding carboxylic acids is 1. The number of carbonyl (C=O) groups is 4. The Labute approximate surface area is 108 Å². The third-order valence-electron chi connectivity index (χ3n) is 2.48. The summed E-state index contributed by atoms with van der Waals surface area (Å²) in [7, 11) is 0. The predicted octanol–water partition coefficient (Wildman–Crippen LogP) is -1.75. The van der Waals surface area contributed by atoms with Gasteiger partial charge in [0, 0.05) is 6.42 Å². The molecule has 0 fully saturated rings. The van der Waals surface area contributed by atoms with Crippen LogP contribution in [0.15, 0.2) is 0 Å². The normalized spacial score (nSPS) is 15.3. The molecule has 0 rings (SSSR count). The molecule has 0 aliphatic rings. The first-order valence-corrected chi connectivity index (χ1v) is 5.39. The molecule has 0 saturated carbocycles. The summed E-state index contributed by atoms with van der Waals surface area (Å²) in [6.45, 7) is 0. The van der Waals surface area contributed by atoms with Crippen LogP contribution in [0, 0.1) is 5.92 Å². The summed E-state index contributed by atoms with van der Waals surface area (Å²) in [6.07, 6.45) is -1.20.